The van der Waals surface area contributed by atoms with E-state index in [2.05, 4.69) is 9.72 Å². The minimum atomic E-state index is -4.53. The van der Waals surface area contributed by atoms with E-state index < -0.39 is 30.6 Å². The fourth-order valence-corrected chi connectivity index (χ4v) is 2.34. The molecule has 6 nitrogen and oxygen atoms in total. The molecule has 9 heteroatoms. The fourth-order valence-electron chi connectivity index (χ4n) is 2.34. The number of carboxylic acids is 1. The molecule has 0 spiro atoms. The van der Waals surface area contributed by atoms with Crippen molar-refractivity contribution in [2.45, 2.75) is 19.0 Å². The molecule has 2 rings (SSSR count). The van der Waals surface area contributed by atoms with E-state index in [-0.39, 0.29) is 18.0 Å². The fraction of sp³-hybridized carbons (Fsp3) is 0.500. The Balaban J connectivity index is 2.14. The number of carboxylic acid groups (broad SMARTS) is 1. The van der Waals surface area contributed by atoms with Crippen molar-refractivity contribution in [3.05, 3.63) is 24.0 Å². The Morgan fingerprint density at radius 2 is 2.17 bits per heavy atom. The summed E-state index contributed by atoms with van der Waals surface area (Å²) in [4.78, 5) is 28.5. The van der Waals surface area contributed by atoms with Crippen molar-refractivity contribution in [2.75, 3.05) is 19.7 Å². The molecular weight excluding hydrogens is 317 g/mol. The molecule has 1 aliphatic rings. The van der Waals surface area contributed by atoms with Crippen LogP contribution in [-0.2, 0) is 4.79 Å². The van der Waals surface area contributed by atoms with Crippen molar-refractivity contribution in [1.82, 2.24) is 9.88 Å². The van der Waals surface area contributed by atoms with Gasteiger partial charge in [-0.2, -0.15) is 13.2 Å². The number of alkyl halides is 3. The van der Waals surface area contributed by atoms with Crippen molar-refractivity contribution in [2.24, 2.45) is 5.92 Å². The van der Waals surface area contributed by atoms with Crippen molar-refractivity contribution in [3.63, 3.8) is 0 Å². The van der Waals surface area contributed by atoms with Crippen LogP contribution in [0.25, 0.3) is 0 Å². The third-order valence-electron chi connectivity index (χ3n) is 3.42. The SMILES string of the molecule is O=C(O)[C@H]1CCCN(C(=O)c2ncccc2OCC(F)(F)F)C1. The number of likely N-dealkylation sites (tertiary alicyclic amines) is 1. The molecule has 2 heterocycles. The number of piperidine rings is 1. The molecule has 126 valence electrons. The highest BCUT2D eigenvalue weighted by molar-refractivity contribution is 5.95. The van der Waals surface area contributed by atoms with Gasteiger partial charge in [0.2, 0.25) is 0 Å². The van der Waals surface area contributed by atoms with E-state index in [9.17, 15) is 22.8 Å². The lowest BCUT2D eigenvalue weighted by atomic mass is 9.98. The molecule has 1 atom stereocenters. The third-order valence-corrected chi connectivity index (χ3v) is 3.42. The molecule has 0 aliphatic carbocycles. The van der Waals surface area contributed by atoms with E-state index in [4.69, 9.17) is 5.11 Å². The van der Waals surface area contributed by atoms with Gasteiger partial charge in [0.1, 0.15) is 0 Å². The maximum atomic E-state index is 12.4. The Kier molecular flexibility index (Phi) is 5.07. The molecule has 1 aromatic rings. The molecule has 0 saturated carbocycles. The van der Waals surface area contributed by atoms with Crippen molar-refractivity contribution in [1.29, 1.82) is 0 Å². The summed E-state index contributed by atoms with van der Waals surface area (Å²) >= 11 is 0. The van der Waals surface area contributed by atoms with Crippen LogP contribution >= 0.6 is 0 Å². The number of halogens is 3. The first-order valence-corrected chi connectivity index (χ1v) is 6.94. The summed E-state index contributed by atoms with van der Waals surface area (Å²) in [6.45, 7) is -1.20. The summed E-state index contributed by atoms with van der Waals surface area (Å²) in [6.07, 6.45) is -2.30. The zero-order chi connectivity index (χ0) is 17.0. The normalized spacial score (nSPS) is 18.6. The van der Waals surface area contributed by atoms with Gasteiger partial charge in [0.15, 0.2) is 18.1 Å². The number of carbonyl (C=O) groups excluding carboxylic acids is 1. The molecule has 1 amide bonds. The second kappa shape index (κ2) is 6.84. The van der Waals surface area contributed by atoms with Crippen molar-refractivity contribution < 1.29 is 32.6 Å². The van der Waals surface area contributed by atoms with Gasteiger partial charge in [0.05, 0.1) is 5.92 Å². The molecular formula is C14H15F3N2O4. The van der Waals surface area contributed by atoms with E-state index in [0.29, 0.717) is 19.4 Å². The van der Waals surface area contributed by atoms with Gasteiger partial charge in [0.25, 0.3) is 5.91 Å². The minimum Gasteiger partial charge on any atom is -0.482 e. The molecule has 1 aliphatic heterocycles. The predicted octanol–water partition coefficient (Wildman–Crippen LogP) is 1.96. The summed E-state index contributed by atoms with van der Waals surface area (Å²) in [6, 6.07) is 2.59. The van der Waals surface area contributed by atoms with Crippen molar-refractivity contribution in [3.8, 4) is 5.75 Å². The summed E-state index contributed by atoms with van der Waals surface area (Å²) in [7, 11) is 0. The number of amides is 1. The van der Waals surface area contributed by atoms with Gasteiger partial charge < -0.3 is 14.7 Å². The lowest BCUT2D eigenvalue weighted by molar-refractivity contribution is -0.153. The van der Waals surface area contributed by atoms with E-state index in [1.54, 1.807) is 0 Å². The lowest BCUT2D eigenvalue weighted by Crippen LogP contribution is -2.42. The quantitative estimate of drug-likeness (QED) is 0.912. The van der Waals surface area contributed by atoms with Crippen LogP contribution in [0.1, 0.15) is 23.3 Å². The van der Waals surface area contributed by atoms with Gasteiger partial charge in [-0.15, -0.1) is 0 Å². The molecule has 1 aromatic heterocycles. The highest BCUT2D eigenvalue weighted by Crippen LogP contribution is 2.24. The Morgan fingerprint density at radius 3 is 2.83 bits per heavy atom. The van der Waals surface area contributed by atoms with E-state index >= 15 is 0 Å². The summed E-state index contributed by atoms with van der Waals surface area (Å²) in [5.74, 6) is -2.59. The second-order valence-electron chi connectivity index (χ2n) is 5.18. The number of aromatic nitrogens is 1. The predicted molar refractivity (Wildman–Crippen MR) is 72.1 cm³/mol. The topological polar surface area (TPSA) is 79.7 Å². The molecule has 1 saturated heterocycles. The number of aliphatic carboxylic acids is 1. The summed E-state index contributed by atoms with van der Waals surface area (Å²) in [5.41, 5.74) is -0.247. The van der Waals surface area contributed by atoms with Crippen LogP contribution in [0.15, 0.2) is 18.3 Å². The number of hydrogen-bond acceptors (Lipinski definition) is 4. The van der Waals surface area contributed by atoms with Gasteiger partial charge in [-0.05, 0) is 25.0 Å². The van der Waals surface area contributed by atoms with Gasteiger partial charge in [-0.1, -0.05) is 0 Å². The molecule has 23 heavy (non-hydrogen) atoms. The zero-order valence-electron chi connectivity index (χ0n) is 12.0. The largest absolute Gasteiger partial charge is 0.482 e. The van der Waals surface area contributed by atoms with Crippen LogP contribution < -0.4 is 4.74 Å². The van der Waals surface area contributed by atoms with Gasteiger partial charge >= 0.3 is 12.1 Å². The molecule has 1 N–H and O–H groups in total. The first-order valence-electron chi connectivity index (χ1n) is 6.94. The lowest BCUT2D eigenvalue weighted by Gasteiger charge is -2.30. The van der Waals surface area contributed by atoms with Crippen LogP contribution in [0.2, 0.25) is 0 Å². The number of pyridine rings is 1. The Morgan fingerprint density at radius 1 is 1.43 bits per heavy atom. The number of nitrogens with zero attached hydrogens (tertiary/aromatic N) is 2. The number of hydrogen-bond donors (Lipinski definition) is 1. The molecule has 0 aromatic carbocycles. The Labute approximate surface area is 129 Å². The highest BCUT2D eigenvalue weighted by atomic mass is 19.4. The van der Waals surface area contributed by atoms with E-state index in [0.717, 1.165) is 0 Å². The van der Waals surface area contributed by atoms with Crippen LogP contribution in [0, 0.1) is 5.92 Å². The maximum Gasteiger partial charge on any atom is 0.422 e. The molecule has 0 bridgehead atoms. The van der Waals surface area contributed by atoms with Gasteiger partial charge in [0, 0.05) is 19.3 Å². The maximum absolute atomic E-state index is 12.4. The minimum absolute atomic E-state index is 0.00342. The third kappa shape index (κ3) is 4.57. The first-order chi connectivity index (χ1) is 10.8. The average molecular weight is 332 g/mol. The summed E-state index contributed by atoms with van der Waals surface area (Å²) in [5, 5.41) is 9.03. The number of rotatable bonds is 4. The molecule has 1 fully saturated rings. The smallest absolute Gasteiger partial charge is 0.422 e. The van der Waals surface area contributed by atoms with Crippen LogP contribution in [0.4, 0.5) is 13.2 Å². The first kappa shape index (κ1) is 17.0. The highest BCUT2D eigenvalue weighted by Gasteiger charge is 2.32. The van der Waals surface area contributed by atoms with Gasteiger partial charge in [-0.25, -0.2) is 4.98 Å². The average Bonchev–Trinajstić information content (AvgIpc) is 2.52. The Hall–Kier alpha value is -2.32. The van der Waals surface area contributed by atoms with E-state index in [1.165, 1.54) is 23.2 Å². The van der Waals surface area contributed by atoms with E-state index in [1.807, 2.05) is 0 Å². The monoisotopic (exact) mass is 332 g/mol. The number of ether oxygens (including phenoxy) is 1. The van der Waals surface area contributed by atoms with Crippen LogP contribution in [-0.4, -0.2) is 52.7 Å². The molecule has 0 radical (unpaired) electrons. The zero-order valence-corrected chi connectivity index (χ0v) is 12.0. The standard InChI is InChI=1S/C14H15F3N2O4/c15-14(16,17)8-23-10-4-1-5-18-11(10)12(20)19-6-2-3-9(7-19)13(21)22/h1,4-5,9H,2-3,6-8H2,(H,21,22)/t9-/m0/s1. The number of carbonyl (C=O) groups is 2. The van der Waals surface area contributed by atoms with Gasteiger partial charge in [-0.3, -0.25) is 9.59 Å². The van der Waals surface area contributed by atoms with Crippen LogP contribution in [0.3, 0.4) is 0 Å². The van der Waals surface area contributed by atoms with Crippen LogP contribution in [0.5, 0.6) is 5.75 Å². The second-order valence-corrected chi connectivity index (χ2v) is 5.18. The summed E-state index contributed by atoms with van der Waals surface area (Å²) < 4.78 is 41.4. The molecule has 0 unspecified atom stereocenters. The Bertz CT molecular complexity index is 592. The van der Waals surface area contributed by atoms with Crippen molar-refractivity contribution >= 4 is 11.9 Å².